The predicted octanol–water partition coefficient (Wildman–Crippen LogP) is 20.7. The number of para-hydroxylation sites is 6. The van der Waals surface area contributed by atoms with Crippen LogP contribution in [0.3, 0.4) is 0 Å². The molecule has 0 spiro atoms. The van der Waals surface area contributed by atoms with Gasteiger partial charge in [0.05, 0.1) is 61.5 Å². The molecule has 534 valence electrons. The van der Waals surface area contributed by atoms with Gasteiger partial charge >= 0.3 is 0 Å². The molecule has 11 heterocycles. The van der Waals surface area contributed by atoms with Gasteiger partial charge < -0.3 is 43.0 Å². The number of ether oxygens (including phenoxy) is 3. The van der Waals surface area contributed by atoms with E-state index in [1.165, 1.54) is 101 Å². The SMILES string of the molecule is Cc1cc(C)c(N2c3cc4c(cc3B3c5cc6c(cc5Oc5cc(-n7c8ccccc8c8ccccc87)cc2c53)N(c2c(C)cc(C)cc2C)c2cc(-n3c5ccccc5c5ccccc53)cc3c2B6c2sc5ccccc5c2O3)B2c3sc5ccccc5c3Oc3cc(-n5c6ccccc6c6ccccc65)cc(c32)N4)c(C)c1. The molecule has 0 atom stereocenters. The Bertz CT molecular complexity index is 7650. The first-order valence-corrected chi connectivity index (χ1v) is 41.1. The number of rotatable bonds is 5. The van der Waals surface area contributed by atoms with Crippen LogP contribution in [0.25, 0.3) is 103 Å². The maximum absolute atomic E-state index is 8.17. The fourth-order valence-electron chi connectivity index (χ4n) is 21.4. The Morgan fingerprint density at radius 1 is 0.281 bits per heavy atom. The van der Waals surface area contributed by atoms with E-state index in [2.05, 4.69) is 349 Å². The quantitative estimate of drug-likeness (QED) is 0.173. The minimum Gasteiger partial charge on any atom is -0.458 e. The van der Waals surface area contributed by atoms with Crippen LogP contribution < -0.4 is 77.1 Å². The van der Waals surface area contributed by atoms with Gasteiger partial charge in [0.2, 0.25) is 0 Å². The summed E-state index contributed by atoms with van der Waals surface area (Å²) < 4.78 is 35.5. The Hall–Kier alpha value is -13.4. The van der Waals surface area contributed by atoms with Crippen molar-refractivity contribution in [3.63, 3.8) is 0 Å². The van der Waals surface area contributed by atoms with Crippen LogP contribution in [0.15, 0.2) is 279 Å². The molecule has 6 aliphatic rings. The third-order valence-electron chi connectivity index (χ3n) is 25.6. The highest BCUT2D eigenvalue weighted by molar-refractivity contribution is 7.34. The van der Waals surface area contributed by atoms with E-state index in [1.807, 2.05) is 22.7 Å². The average molecular weight is 1500 g/mol. The third kappa shape index (κ3) is 8.39. The highest BCUT2D eigenvalue weighted by Gasteiger charge is 2.51. The van der Waals surface area contributed by atoms with Crippen molar-refractivity contribution in [1.82, 2.24) is 13.7 Å². The number of fused-ring (bicyclic) bond motifs is 25. The minimum atomic E-state index is -0.351. The molecule has 0 unspecified atom stereocenters. The first-order valence-electron chi connectivity index (χ1n) is 39.4. The van der Waals surface area contributed by atoms with Gasteiger partial charge in [0.1, 0.15) is 34.5 Å². The number of nitrogens with zero attached hydrogens (tertiary/aromatic N) is 5. The zero-order valence-electron chi connectivity index (χ0n) is 63.1. The maximum Gasteiger partial charge on any atom is 0.268 e. The van der Waals surface area contributed by atoms with Gasteiger partial charge in [0.25, 0.3) is 20.1 Å². The molecule has 15 aromatic carbocycles. The Morgan fingerprint density at radius 2 is 0.632 bits per heavy atom. The summed E-state index contributed by atoms with van der Waals surface area (Å²) in [6, 6.07) is 105. The Kier molecular flexibility index (Phi) is 12.6. The first kappa shape index (κ1) is 63.3. The molecule has 0 radical (unpaired) electrons. The summed E-state index contributed by atoms with van der Waals surface area (Å²) in [4.78, 5) is 5.21. The van der Waals surface area contributed by atoms with Gasteiger partial charge in [-0.05, 0) is 187 Å². The Balaban J connectivity index is 0.778. The van der Waals surface area contributed by atoms with Crippen molar-refractivity contribution in [2.75, 3.05) is 15.1 Å². The molecular formula is C100H65B3N6O3S2. The van der Waals surface area contributed by atoms with E-state index in [1.54, 1.807) is 0 Å². The molecule has 0 bridgehead atoms. The van der Waals surface area contributed by atoms with Crippen LogP contribution in [0.5, 0.6) is 34.5 Å². The van der Waals surface area contributed by atoms with E-state index in [4.69, 9.17) is 14.2 Å². The van der Waals surface area contributed by atoms with Crippen LogP contribution in [0, 0.1) is 41.5 Å². The summed E-state index contributed by atoms with van der Waals surface area (Å²) in [6.45, 7) is 12.8. The van der Waals surface area contributed by atoms with Gasteiger partial charge in [0.15, 0.2) is 0 Å². The van der Waals surface area contributed by atoms with Crippen LogP contribution in [-0.2, 0) is 0 Å². The van der Waals surface area contributed by atoms with E-state index in [9.17, 15) is 0 Å². The second kappa shape index (κ2) is 22.7. The molecule has 9 nitrogen and oxygen atoms in total. The summed E-state index contributed by atoms with van der Waals surface area (Å²) in [5, 5.41) is 13.7. The molecular weight excluding hydrogens is 1430 g/mol. The number of aryl methyl sites for hydroxylation is 6. The largest absolute Gasteiger partial charge is 0.458 e. The molecule has 1 N–H and O–H groups in total. The third-order valence-corrected chi connectivity index (χ3v) is 28.0. The number of thiophene rings is 2. The van der Waals surface area contributed by atoms with E-state index in [0.29, 0.717) is 0 Å². The van der Waals surface area contributed by atoms with Crippen molar-refractivity contribution < 1.29 is 14.2 Å². The van der Waals surface area contributed by atoms with E-state index >= 15 is 0 Å². The summed E-state index contributed by atoms with van der Waals surface area (Å²) in [7, 11) is 0. The van der Waals surface area contributed by atoms with Crippen molar-refractivity contribution in [2.24, 2.45) is 0 Å². The minimum absolute atomic E-state index is 0.201. The number of benzene rings is 15. The summed E-state index contributed by atoms with van der Waals surface area (Å²) in [6.07, 6.45) is 0. The second-order valence-electron chi connectivity index (χ2n) is 32.2. The van der Waals surface area contributed by atoms with Crippen LogP contribution in [0.2, 0.25) is 0 Å². The zero-order chi connectivity index (χ0) is 75.1. The molecule has 0 saturated carbocycles. The predicted molar refractivity (Wildman–Crippen MR) is 481 cm³/mol. The monoisotopic (exact) mass is 1490 g/mol. The highest BCUT2D eigenvalue weighted by atomic mass is 32.1. The molecule has 0 fully saturated rings. The first-order chi connectivity index (χ1) is 56.0. The number of aromatic nitrogens is 3. The Labute approximate surface area is 665 Å². The van der Waals surface area contributed by atoms with Gasteiger partial charge in [-0.15, -0.1) is 22.7 Å². The van der Waals surface area contributed by atoms with Crippen molar-refractivity contribution in [2.45, 2.75) is 41.5 Å². The lowest BCUT2D eigenvalue weighted by Gasteiger charge is -2.44. The fraction of sp³-hybridized carbons (Fsp3) is 0.0600. The molecule has 0 saturated heterocycles. The molecule has 20 aromatic rings. The van der Waals surface area contributed by atoms with Crippen LogP contribution in [0.4, 0.5) is 45.5 Å². The van der Waals surface area contributed by atoms with E-state index < -0.39 is 0 Å². The van der Waals surface area contributed by atoms with Crippen molar-refractivity contribution >= 4 is 222 Å². The number of nitrogens with one attached hydrogen (secondary N) is 1. The highest BCUT2D eigenvalue weighted by Crippen LogP contribution is 2.53. The molecule has 14 heteroatoms. The molecule has 0 amide bonds. The zero-order valence-corrected chi connectivity index (χ0v) is 64.7. The molecule has 114 heavy (non-hydrogen) atoms. The molecule has 5 aromatic heterocycles. The van der Waals surface area contributed by atoms with Crippen LogP contribution >= 0.6 is 22.7 Å². The number of hydrogen-bond acceptors (Lipinski definition) is 8. The van der Waals surface area contributed by atoms with Gasteiger partial charge in [-0.25, -0.2) is 0 Å². The van der Waals surface area contributed by atoms with Gasteiger partial charge in [0, 0.05) is 120 Å². The standard InChI is InChI=1S/C100H65B3N6O3S2/c1-53-39-55(3)95(56(4)40-53)108-82-51-74-70(102-92-75(104-74)43-59(46-87(92)111-97-68-29-13-21-37-90(68)113-99(97)102)105-76-31-15-7-23-62(76)63-24-8-16-32-77(63)105)49-71(82)101-73-50-72-83(52-86(73)110-88-47-60(44-84(108)93(88)101)106-78-33-17-9-25-64(78)65-26-10-18-34-79(65)106)109(96-57(5)41-54(2)42-58(96)6)85-45-61(107-80-35-19-11-27-66(80)67-28-12-20-36-81(67)107)48-89-94(85)103(72)100-98(112-89)69-30-14-22-38-91(69)114-100/h7-52,104H,1-6H3. The second-order valence-corrected chi connectivity index (χ2v) is 34.4. The molecule has 6 aliphatic heterocycles. The van der Waals surface area contributed by atoms with Crippen molar-refractivity contribution in [3.8, 4) is 51.6 Å². The lowest BCUT2D eigenvalue weighted by Crippen LogP contribution is -2.64. The topological polar surface area (TPSA) is 61.0 Å². The van der Waals surface area contributed by atoms with E-state index in [-0.39, 0.29) is 20.1 Å². The van der Waals surface area contributed by atoms with Crippen molar-refractivity contribution in [1.29, 1.82) is 0 Å². The molecule has 0 aliphatic carbocycles. The number of hydrogen-bond donors (Lipinski definition) is 1. The maximum atomic E-state index is 8.17. The van der Waals surface area contributed by atoms with Gasteiger partial charge in [-0.1, -0.05) is 181 Å². The smallest absolute Gasteiger partial charge is 0.268 e. The van der Waals surface area contributed by atoms with Gasteiger partial charge in [-0.3, -0.25) is 0 Å². The number of anilines is 8. The van der Waals surface area contributed by atoms with Gasteiger partial charge in [-0.2, -0.15) is 0 Å². The normalized spacial score (nSPS) is 13.7. The summed E-state index contributed by atoms with van der Waals surface area (Å²) in [5.74, 6) is 5.18. The van der Waals surface area contributed by atoms with Crippen molar-refractivity contribution in [3.05, 3.63) is 312 Å². The van der Waals surface area contributed by atoms with E-state index in [0.717, 1.165) is 163 Å². The Morgan fingerprint density at radius 3 is 1.08 bits per heavy atom. The summed E-state index contributed by atoms with van der Waals surface area (Å²) in [5.41, 5.74) is 33.8. The molecule has 26 rings (SSSR count). The fourth-order valence-corrected chi connectivity index (χ4v) is 23.9. The summed E-state index contributed by atoms with van der Waals surface area (Å²) >= 11 is 3.72. The lowest BCUT2D eigenvalue weighted by atomic mass is 9.30. The lowest BCUT2D eigenvalue weighted by molar-refractivity contribution is 0.487. The van der Waals surface area contributed by atoms with Crippen LogP contribution in [-0.4, -0.2) is 33.8 Å². The average Bonchev–Trinajstić information content (AvgIpc) is 0.924. The van der Waals surface area contributed by atoms with Crippen LogP contribution in [0.1, 0.15) is 33.4 Å².